The number of hydrogen-bond donors (Lipinski definition) is 5. The summed E-state index contributed by atoms with van der Waals surface area (Å²) in [7, 11) is 0. The molecule has 0 aromatic carbocycles. The molecule has 1 aliphatic heterocycles. The zero-order chi connectivity index (χ0) is 11.6. The van der Waals surface area contributed by atoms with Gasteiger partial charge in [-0.25, -0.2) is 0 Å². The Morgan fingerprint density at radius 3 is 2.47 bits per heavy atom. The minimum absolute atomic E-state index is 0.0257. The Morgan fingerprint density at radius 2 is 2.00 bits per heavy atom. The highest BCUT2D eigenvalue weighted by molar-refractivity contribution is 5.73. The summed E-state index contributed by atoms with van der Waals surface area (Å²) in [6.07, 6.45) is -4.73. The molecule has 5 atom stereocenters. The predicted molar refractivity (Wildman–Crippen MR) is 49.6 cm³/mol. The van der Waals surface area contributed by atoms with Crippen LogP contribution in [0.4, 0.5) is 0 Å². The van der Waals surface area contributed by atoms with Crippen molar-refractivity contribution in [2.45, 2.75) is 37.6 Å². The molecule has 1 amide bonds. The summed E-state index contributed by atoms with van der Waals surface area (Å²) < 4.78 is 4.94. The van der Waals surface area contributed by atoms with Crippen molar-refractivity contribution in [3.8, 4) is 0 Å². The van der Waals surface area contributed by atoms with Crippen LogP contribution in [-0.4, -0.2) is 58.4 Å². The maximum Gasteiger partial charge on any atom is 0.217 e. The number of ether oxygens (including phenoxy) is 1. The topological polar surface area (TPSA) is 125 Å². The smallest absolute Gasteiger partial charge is 0.217 e. The molecule has 7 nitrogen and oxygen atoms in total. The van der Waals surface area contributed by atoms with Gasteiger partial charge >= 0.3 is 0 Å². The fraction of sp³-hybridized carbons (Fsp3) is 0.875. The number of carbonyl (C=O) groups excluding carboxylic acids is 1. The van der Waals surface area contributed by atoms with E-state index in [4.69, 9.17) is 10.5 Å². The third kappa shape index (κ3) is 2.64. The fourth-order valence-corrected chi connectivity index (χ4v) is 1.53. The standard InChI is InChI=1S/C8H16N2O5/c1-3(11)10-5-7(13)6(12)4(2-9)15-8(5)14/h4-8,12-14H,2,9H2,1H3,(H,10,11)/t4-,5-,6+,7-,8+/m1/s1. The van der Waals surface area contributed by atoms with Gasteiger partial charge in [0.15, 0.2) is 6.29 Å². The van der Waals surface area contributed by atoms with Gasteiger partial charge in [-0.15, -0.1) is 0 Å². The number of carbonyl (C=O) groups is 1. The number of rotatable bonds is 2. The average molecular weight is 220 g/mol. The maximum absolute atomic E-state index is 10.8. The molecule has 1 rings (SSSR count). The lowest BCUT2D eigenvalue weighted by molar-refractivity contribution is -0.244. The molecule has 0 aromatic heterocycles. The molecule has 1 saturated heterocycles. The van der Waals surface area contributed by atoms with E-state index in [1.54, 1.807) is 0 Å². The Hall–Kier alpha value is -0.730. The van der Waals surface area contributed by atoms with E-state index in [9.17, 15) is 20.1 Å². The Kier molecular flexibility index (Phi) is 4.00. The molecule has 0 spiro atoms. The van der Waals surface area contributed by atoms with Crippen LogP contribution in [0.15, 0.2) is 0 Å². The minimum Gasteiger partial charge on any atom is -0.388 e. The largest absolute Gasteiger partial charge is 0.388 e. The molecule has 0 bridgehead atoms. The van der Waals surface area contributed by atoms with Crippen molar-refractivity contribution in [1.29, 1.82) is 0 Å². The van der Waals surface area contributed by atoms with Gasteiger partial charge in [-0.3, -0.25) is 4.79 Å². The zero-order valence-electron chi connectivity index (χ0n) is 8.33. The van der Waals surface area contributed by atoms with Gasteiger partial charge in [0.1, 0.15) is 24.4 Å². The number of hydrogen-bond acceptors (Lipinski definition) is 6. The van der Waals surface area contributed by atoms with Crippen LogP contribution in [0.2, 0.25) is 0 Å². The van der Waals surface area contributed by atoms with Crippen LogP contribution >= 0.6 is 0 Å². The van der Waals surface area contributed by atoms with Crippen molar-refractivity contribution in [2.75, 3.05) is 6.54 Å². The van der Waals surface area contributed by atoms with Crippen molar-refractivity contribution < 1.29 is 24.9 Å². The molecule has 6 N–H and O–H groups in total. The second-order valence-corrected chi connectivity index (χ2v) is 3.51. The Balaban J connectivity index is 2.70. The molecule has 0 saturated carbocycles. The number of nitrogens with two attached hydrogens (primary N) is 1. The minimum atomic E-state index is -1.37. The van der Waals surface area contributed by atoms with Crippen LogP contribution in [0.3, 0.4) is 0 Å². The molecular formula is C8H16N2O5. The predicted octanol–water partition coefficient (Wildman–Crippen LogP) is -3.11. The van der Waals surface area contributed by atoms with Crippen molar-refractivity contribution in [3.05, 3.63) is 0 Å². The van der Waals surface area contributed by atoms with Crippen LogP contribution in [0, 0.1) is 0 Å². The second-order valence-electron chi connectivity index (χ2n) is 3.51. The Bertz CT molecular complexity index is 237. The van der Waals surface area contributed by atoms with Crippen LogP contribution in [0.1, 0.15) is 6.92 Å². The highest BCUT2D eigenvalue weighted by Gasteiger charge is 2.43. The quantitative estimate of drug-likeness (QED) is 0.335. The average Bonchev–Trinajstić information content (AvgIpc) is 2.18. The molecule has 7 heteroatoms. The van der Waals surface area contributed by atoms with Gasteiger partial charge in [0.2, 0.25) is 5.91 Å². The molecule has 0 radical (unpaired) electrons. The highest BCUT2D eigenvalue weighted by Crippen LogP contribution is 2.19. The van der Waals surface area contributed by atoms with Gasteiger partial charge < -0.3 is 31.1 Å². The van der Waals surface area contributed by atoms with E-state index in [1.807, 2.05) is 0 Å². The zero-order valence-corrected chi connectivity index (χ0v) is 8.33. The van der Waals surface area contributed by atoms with Gasteiger partial charge in [0.05, 0.1) is 0 Å². The summed E-state index contributed by atoms with van der Waals surface area (Å²) >= 11 is 0. The molecule has 1 aliphatic rings. The van der Waals surface area contributed by atoms with E-state index < -0.39 is 36.6 Å². The summed E-state index contributed by atoms with van der Waals surface area (Å²) in [6.45, 7) is 1.21. The summed E-state index contributed by atoms with van der Waals surface area (Å²) in [5.41, 5.74) is 5.27. The highest BCUT2D eigenvalue weighted by atomic mass is 16.6. The van der Waals surface area contributed by atoms with E-state index in [-0.39, 0.29) is 6.54 Å². The molecule has 0 aliphatic carbocycles. The summed E-state index contributed by atoms with van der Waals surface area (Å²) in [6, 6.07) is -1.04. The number of aliphatic hydroxyl groups excluding tert-OH is 3. The lowest BCUT2D eigenvalue weighted by Gasteiger charge is -2.40. The van der Waals surface area contributed by atoms with Crippen molar-refractivity contribution in [2.24, 2.45) is 5.73 Å². The number of nitrogens with one attached hydrogen (secondary N) is 1. The molecule has 15 heavy (non-hydrogen) atoms. The lowest BCUT2D eigenvalue weighted by atomic mass is 9.97. The van der Waals surface area contributed by atoms with Crippen LogP contribution < -0.4 is 11.1 Å². The summed E-state index contributed by atoms with van der Waals surface area (Å²) in [4.78, 5) is 10.8. The van der Waals surface area contributed by atoms with Gasteiger partial charge in [-0.2, -0.15) is 0 Å². The summed E-state index contributed by atoms with van der Waals surface area (Å²) in [5, 5.41) is 30.9. The fourth-order valence-electron chi connectivity index (χ4n) is 1.53. The van der Waals surface area contributed by atoms with Crippen molar-refractivity contribution in [3.63, 3.8) is 0 Å². The molecule has 88 valence electrons. The van der Waals surface area contributed by atoms with Gasteiger partial charge in [0.25, 0.3) is 0 Å². The van der Waals surface area contributed by atoms with E-state index >= 15 is 0 Å². The first-order chi connectivity index (χ1) is 6.97. The maximum atomic E-state index is 10.8. The number of aliphatic hydroxyl groups is 3. The molecular weight excluding hydrogens is 204 g/mol. The third-order valence-corrected chi connectivity index (χ3v) is 2.32. The van der Waals surface area contributed by atoms with E-state index in [1.165, 1.54) is 6.92 Å². The first kappa shape index (κ1) is 12.3. The Labute approximate surface area is 86.8 Å². The normalized spacial score (nSPS) is 41.3. The van der Waals surface area contributed by atoms with Gasteiger partial charge in [-0.1, -0.05) is 0 Å². The molecule has 1 heterocycles. The monoisotopic (exact) mass is 220 g/mol. The Morgan fingerprint density at radius 1 is 1.40 bits per heavy atom. The van der Waals surface area contributed by atoms with Gasteiger partial charge in [-0.05, 0) is 0 Å². The van der Waals surface area contributed by atoms with Gasteiger partial charge in [0, 0.05) is 13.5 Å². The summed E-state index contributed by atoms with van der Waals surface area (Å²) in [5.74, 6) is -0.430. The van der Waals surface area contributed by atoms with Crippen LogP contribution in [0.25, 0.3) is 0 Å². The first-order valence-corrected chi connectivity index (χ1v) is 4.64. The van der Waals surface area contributed by atoms with E-state index in [0.717, 1.165) is 0 Å². The SMILES string of the molecule is CC(=O)N[C@@H]1[C@@H](O)[C@@H](O)[C@@H](CN)O[C@@H]1O. The lowest BCUT2D eigenvalue weighted by Crippen LogP contribution is -2.64. The first-order valence-electron chi connectivity index (χ1n) is 4.64. The number of amides is 1. The molecule has 0 aromatic rings. The van der Waals surface area contributed by atoms with E-state index in [2.05, 4.69) is 5.32 Å². The van der Waals surface area contributed by atoms with Crippen LogP contribution in [-0.2, 0) is 9.53 Å². The van der Waals surface area contributed by atoms with Crippen molar-refractivity contribution >= 4 is 5.91 Å². The molecule has 1 fully saturated rings. The van der Waals surface area contributed by atoms with Crippen LogP contribution in [0.5, 0.6) is 0 Å². The molecule has 0 unspecified atom stereocenters. The van der Waals surface area contributed by atoms with E-state index in [0.29, 0.717) is 0 Å². The second kappa shape index (κ2) is 4.86. The van der Waals surface area contributed by atoms with Crippen molar-refractivity contribution in [1.82, 2.24) is 5.32 Å². The third-order valence-electron chi connectivity index (χ3n) is 2.32.